The van der Waals surface area contributed by atoms with Crippen molar-refractivity contribution in [2.24, 2.45) is 7.05 Å². The number of aromatic nitrogens is 2. The van der Waals surface area contributed by atoms with Crippen molar-refractivity contribution in [2.45, 2.75) is 30.3 Å². The van der Waals surface area contributed by atoms with Crippen LogP contribution in [0.4, 0.5) is 0 Å². The predicted octanol–water partition coefficient (Wildman–Crippen LogP) is 1.75. The average molecular weight is 362 g/mol. The van der Waals surface area contributed by atoms with Gasteiger partial charge in [-0.05, 0) is 31.4 Å². The molecule has 1 aliphatic heterocycles. The molecular formula is C18H26N4O2S. The van der Waals surface area contributed by atoms with E-state index in [1.165, 1.54) is 16.2 Å². The molecule has 0 N–H and O–H groups in total. The lowest BCUT2D eigenvalue weighted by molar-refractivity contribution is 0.160. The first-order chi connectivity index (χ1) is 12.0. The largest absolute Gasteiger partial charge is 0.339 e. The van der Waals surface area contributed by atoms with Crippen LogP contribution in [0.15, 0.2) is 47.9 Å². The van der Waals surface area contributed by atoms with Gasteiger partial charge < -0.3 is 9.47 Å². The second kappa shape index (κ2) is 7.68. The standard InChI is InChI=1S/C18H26N4O2S/c1-20-14-18(19-15-20)25(23,24)21(2)17-9-6-11-22(13-17)12-10-16-7-4-3-5-8-16/h3-5,7-8,14-15,17H,6,9-13H2,1-2H3. The van der Waals surface area contributed by atoms with Gasteiger partial charge in [-0.2, -0.15) is 4.31 Å². The fourth-order valence-electron chi connectivity index (χ4n) is 3.33. The van der Waals surface area contributed by atoms with E-state index in [4.69, 9.17) is 0 Å². The van der Waals surface area contributed by atoms with Crippen LogP contribution in [0.5, 0.6) is 0 Å². The van der Waals surface area contributed by atoms with Crippen molar-refractivity contribution in [3.05, 3.63) is 48.4 Å². The van der Waals surface area contributed by atoms with Gasteiger partial charge in [-0.15, -0.1) is 0 Å². The number of benzene rings is 1. The molecule has 0 bridgehead atoms. The maximum absolute atomic E-state index is 12.8. The molecule has 0 amide bonds. The van der Waals surface area contributed by atoms with E-state index in [9.17, 15) is 8.42 Å². The Hall–Kier alpha value is -1.70. The molecule has 7 heteroatoms. The summed E-state index contributed by atoms with van der Waals surface area (Å²) < 4.78 is 28.7. The van der Waals surface area contributed by atoms with Crippen LogP contribution in [0.2, 0.25) is 0 Å². The van der Waals surface area contributed by atoms with Crippen LogP contribution in [0.1, 0.15) is 18.4 Å². The molecule has 1 aliphatic rings. The molecule has 2 aromatic rings. The number of piperidine rings is 1. The predicted molar refractivity (Wildman–Crippen MR) is 97.8 cm³/mol. The summed E-state index contributed by atoms with van der Waals surface area (Å²) in [6.45, 7) is 2.76. The van der Waals surface area contributed by atoms with E-state index >= 15 is 0 Å². The fourth-order valence-corrected chi connectivity index (χ4v) is 4.67. The number of aryl methyl sites for hydroxylation is 1. The lowest BCUT2D eigenvalue weighted by Gasteiger charge is -2.36. The van der Waals surface area contributed by atoms with Crippen molar-refractivity contribution >= 4 is 10.0 Å². The summed E-state index contributed by atoms with van der Waals surface area (Å²) in [5.74, 6) is 0. The SMILES string of the molecule is CN(C1CCCN(CCc2ccccc2)C1)S(=O)(=O)c1cn(C)cn1. The van der Waals surface area contributed by atoms with Crippen molar-refractivity contribution in [3.8, 4) is 0 Å². The molecule has 0 aliphatic carbocycles. The zero-order valence-corrected chi connectivity index (χ0v) is 15.7. The van der Waals surface area contributed by atoms with Gasteiger partial charge in [0.25, 0.3) is 10.0 Å². The summed E-state index contributed by atoms with van der Waals surface area (Å²) in [5, 5.41) is 0.124. The summed E-state index contributed by atoms with van der Waals surface area (Å²) in [6.07, 6.45) is 5.98. The van der Waals surface area contributed by atoms with Crippen LogP contribution in [-0.2, 0) is 23.5 Å². The molecule has 2 heterocycles. The number of likely N-dealkylation sites (tertiary alicyclic amines) is 1. The first-order valence-corrected chi connectivity index (χ1v) is 10.1. The molecule has 1 saturated heterocycles. The molecule has 1 fully saturated rings. The quantitative estimate of drug-likeness (QED) is 0.786. The second-order valence-electron chi connectivity index (χ2n) is 6.73. The Labute approximate surface area is 150 Å². The van der Waals surface area contributed by atoms with Gasteiger partial charge in [0, 0.05) is 39.4 Å². The number of rotatable bonds is 6. The number of nitrogens with zero attached hydrogens (tertiary/aromatic N) is 4. The lowest BCUT2D eigenvalue weighted by Crippen LogP contribution is -2.48. The van der Waals surface area contributed by atoms with Crippen LogP contribution < -0.4 is 0 Å². The molecular weight excluding hydrogens is 336 g/mol. The first-order valence-electron chi connectivity index (χ1n) is 8.69. The molecule has 3 rings (SSSR count). The van der Waals surface area contributed by atoms with Gasteiger partial charge in [-0.3, -0.25) is 0 Å². The van der Waals surface area contributed by atoms with Crippen molar-refractivity contribution in [1.82, 2.24) is 18.8 Å². The zero-order valence-electron chi connectivity index (χ0n) is 14.9. The molecule has 25 heavy (non-hydrogen) atoms. The highest BCUT2D eigenvalue weighted by molar-refractivity contribution is 7.89. The van der Waals surface area contributed by atoms with E-state index in [0.29, 0.717) is 0 Å². The first kappa shape index (κ1) is 18.1. The van der Waals surface area contributed by atoms with E-state index in [-0.39, 0.29) is 11.1 Å². The van der Waals surface area contributed by atoms with E-state index in [1.807, 2.05) is 6.07 Å². The second-order valence-corrected chi connectivity index (χ2v) is 8.68. The van der Waals surface area contributed by atoms with Gasteiger partial charge in [-0.1, -0.05) is 30.3 Å². The zero-order chi connectivity index (χ0) is 17.9. The average Bonchev–Trinajstić information content (AvgIpc) is 3.08. The fraction of sp³-hybridized carbons (Fsp3) is 0.500. The van der Waals surface area contributed by atoms with E-state index in [2.05, 4.69) is 34.1 Å². The van der Waals surface area contributed by atoms with E-state index in [0.717, 1.165) is 38.9 Å². The third-order valence-corrected chi connectivity index (χ3v) is 6.67. The molecule has 1 atom stereocenters. The van der Waals surface area contributed by atoms with Gasteiger partial charge >= 0.3 is 0 Å². The highest BCUT2D eigenvalue weighted by Gasteiger charge is 2.32. The van der Waals surface area contributed by atoms with Gasteiger partial charge in [-0.25, -0.2) is 13.4 Å². The maximum atomic E-state index is 12.8. The Morgan fingerprint density at radius 2 is 2.04 bits per heavy atom. The van der Waals surface area contributed by atoms with Crippen molar-refractivity contribution < 1.29 is 8.42 Å². The number of likely N-dealkylation sites (N-methyl/N-ethyl adjacent to an activating group) is 1. The minimum Gasteiger partial charge on any atom is -0.339 e. The summed E-state index contributed by atoms with van der Waals surface area (Å²) in [5.41, 5.74) is 1.32. The van der Waals surface area contributed by atoms with E-state index < -0.39 is 10.0 Å². The smallest absolute Gasteiger partial charge is 0.262 e. The van der Waals surface area contributed by atoms with Crippen LogP contribution in [-0.4, -0.2) is 59.9 Å². The Morgan fingerprint density at radius 1 is 1.28 bits per heavy atom. The molecule has 1 aromatic carbocycles. The molecule has 1 unspecified atom stereocenters. The number of imidazole rings is 1. The Balaban J connectivity index is 1.62. The van der Waals surface area contributed by atoms with Crippen LogP contribution >= 0.6 is 0 Å². The van der Waals surface area contributed by atoms with Crippen LogP contribution in [0.3, 0.4) is 0 Å². The highest BCUT2D eigenvalue weighted by Crippen LogP contribution is 2.21. The molecule has 0 radical (unpaired) electrons. The monoisotopic (exact) mass is 362 g/mol. The summed E-state index contributed by atoms with van der Waals surface area (Å²) in [7, 11) is -0.0819. The minimum absolute atomic E-state index is 0.00321. The van der Waals surface area contributed by atoms with Crippen molar-refractivity contribution in [3.63, 3.8) is 0 Å². The topological polar surface area (TPSA) is 58.4 Å². The lowest BCUT2D eigenvalue weighted by atomic mass is 10.0. The molecule has 1 aromatic heterocycles. The maximum Gasteiger partial charge on any atom is 0.262 e. The molecule has 6 nitrogen and oxygen atoms in total. The Kier molecular flexibility index (Phi) is 5.56. The minimum atomic E-state index is -3.53. The van der Waals surface area contributed by atoms with Crippen LogP contribution in [0.25, 0.3) is 0 Å². The van der Waals surface area contributed by atoms with Gasteiger partial charge in [0.2, 0.25) is 0 Å². The Morgan fingerprint density at radius 3 is 2.72 bits per heavy atom. The number of sulfonamides is 1. The third kappa shape index (κ3) is 4.29. The van der Waals surface area contributed by atoms with Crippen LogP contribution in [0, 0.1) is 0 Å². The van der Waals surface area contributed by atoms with Gasteiger partial charge in [0.1, 0.15) is 0 Å². The summed E-state index contributed by atoms with van der Waals surface area (Å²) in [6, 6.07) is 10.4. The summed E-state index contributed by atoms with van der Waals surface area (Å²) in [4.78, 5) is 6.38. The molecule has 0 saturated carbocycles. The summed E-state index contributed by atoms with van der Waals surface area (Å²) >= 11 is 0. The molecule has 136 valence electrons. The third-order valence-electron chi connectivity index (χ3n) is 4.88. The highest BCUT2D eigenvalue weighted by atomic mass is 32.2. The van der Waals surface area contributed by atoms with Crippen molar-refractivity contribution in [2.75, 3.05) is 26.7 Å². The Bertz CT molecular complexity index is 788. The number of hydrogen-bond acceptors (Lipinski definition) is 4. The molecule has 0 spiro atoms. The van der Waals surface area contributed by atoms with Gasteiger partial charge in [0.15, 0.2) is 5.03 Å². The van der Waals surface area contributed by atoms with Crippen molar-refractivity contribution in [1.29, 1.82) is 0 Å². The normalized spacial score (nSPS) is 19.4. The number of hydrogen-bond donors (Lipinski definition) is 0. The van der Waals surface area contributed by atoms with Gasteiger partial charge in [0.05, 0.1) is 6.33 Å². The van der Waals surface area contributed by atoms with E-state index in [1.54, 1.807) is 24.9 Å².